The molecular weight excluding hydrogens is 290 g/mol. The largest absolute Gasteiger partial charge is 0.493 e. The lowest BCUT2D eigenvalue weighted by Crippen LogP contribution is -2.39. The van der Waals surface area contributed by atoms with E-state index in [1.807, 2.05) is 67.3 Å². The predicted molar refractivity (Wildman–Crippen MR) is 90.6 cm³/mol. The zero-order valence-corrected chi connectivity index (χ0v) is 13.9. The Morgan fingerprint density at radius 2 is 1.61 bits per heavy atom. The first-order chi connectivity index (χ1) is 11.1. The van der Waals surface area contributed by atoms with Gasteiger partial charge in [0.15, 0.2) is 18.1 Å². The third-order valence-corrected chi connectivity index (χ3v) is 3.56. The normalized spacial score (nSPS) is 10.4. The van der Waals surface area contributed by atoms with Crippen molar-refractivity contribution in [3.05, 3.63) is 60.2 Å². The monoisotopic (exact) mass is 313 g/mol. The first kappa shape index (κ1) is 16.9. The SMILES string of the molecule is COc1ccccc1OCC(=O)N(Cc1ccccc1)C(C)C. The summed E-state index contributed by atoms with van der Waals surface area (Å²) in [6.07, 6.45) is 0. The van der Waals surface area contributed by atoms with Crippen LogP contribution in [-0.2, 0) is 11.3 Å². The van der Waals surface area contributed by atoms with Crippen LogP contribution in [-0.4, -0.2) is 30.6 Å². The summed E-state index contributed by atoms with van der Waals surface area (Å²) in [4.78, 5) is 14.3. The fourth-order valence-electron chi connectivity index (χ4n) is 2.30. The third kappa shape index (κ3) is 4.74. The molecule has 2 aromatic carbocycles. The van der Waals surface area contributed by atoms with Gasteiger partial charge in [0.1, 0.15) is 0 Å². The second-order valence-corrected chi connectivity index (χ2v) is 5.54. The molecule has 0 aliphatic heterocycles. The molecule has 0 atom stereocenters. The van der Waals surface area contributed by atoms with Gasteiger partial charge in [-0.2, -0.15) is 0 Å². The highest BCUT2D eigenvalue weighted by molar-refractivity contribution is 5.78. The molecule has 2 aromatic rings. The van der Waals surface area contributed by atoms with E-state index in [0.717, 1.165) is 5.56 Å². The van der Waals surface area contributed by atoms with Gasteiger partial charge in [0.2, 0.25) is 0 Å². The summed E-state index contributed by atoms with van der Waals surface area (Å²) in [5, 5.41) is 0. The Morgan fingerprint density at radius 1 is 1.00 bits per heavy atom. The van der Waals surface area contributed by atoms with Crippen LogP contribution in [0.4, 0.5) is 0 Å². The lowest BCUT2D eigenvalue weighted by molar-refractivity contribution is -0.135. The average molecular weight is 313 g/mol. The van der Waals surface area contributed by atoms with Crippen LogP contribution in [0.15, 0.2) is 54.6 Å². The molecule has 0 spiro atoms. The van der Waals surface area contributed by atoms with E-state index in [1.54, 1.807) is 13.2 Å². The Kier molecular flexibility index (Phi) is 6.03. The van der Waals surface area contributed by atoms with Crippen LogP contribution in [0.25, 0.3) is 0 Å². The third-order valence-electron chi connectivity index (χ3n) is 3.56. The average Bonchev–Trinajstić information content (AvgIpc) is 2.58. The molecule has 4 nitrogen and oxygen atoms in total. The van der Waals surface area contributed by atoms with Crippen molar-refractivity contribution in [3.8, 4) is 11.5 Å². The molecule has 0 aromatic heterocycles. The molecule has 0 N–H and O–H groups in total. The highest BCUT2D eigenvalue weighted by Gasteiger charge is 2.18. The topological polar surface area (TPSA) is 38.8 Å². The van der Waals surface area contributed by atoms with Gasteiger partial charge < -0.3 is 14.4 Å². The van der Waals surface area contributed by atoms with Crippen LogP contribution >= 0.6 is 0 Å². The standard InChI is InChI=1S/C19H23NO3/c1-15(2)20(13-16-9-5-4-6-10-16)19(21)14-23-18-12-8-7-11-17(18)22-3/h4-12,15H,13-14H2,1-3H3. The number of ether oxygens (including phenoxy) is 2. The van der Waals surface area contributed by atoms with Gasteiger partial charge in [-0.3, -0.25) is 4.79 Å². The van der Waals surface area contributed by atoms with E-state index in [0.29, 0.717) is 18.0 Å². The number of hydrogen-bond acceptors (Lipinski definition) is 3. The Labute approximate surface area is 137 Å². The van der Waals surface area contributed by atoms with Crippen LogP contribution < -0.4 is 9.47 Å². The van der Waals surface area contributed by atoms with Crippen molar-refractivity contribution in [2.75, 3.05) is 13.7 Å². The van der Waals surface area contributed by atoms with E-state index >= 15 is 0 Å². The number of rotatable bonds is 7. The number of carbonyl (C=O) groups excluding carboxylic acids is 1. The molecule has 122 valence electrons. The minimum Gasteiger partial charge on any atom is -0.493 e. The number of methoxy groups -OCH3 is 1. The summed E-state index contributed by atoms with van der Waals surface area (Å²) < 4.78 is 10.9. The predicted octanol–water partition coefficient (Wildman–Crippen LogP) is 3.51. The quantitative estimate of drug-likeness (QED) is 0.785. The van der Waals surface area contributed by atoms with Crippen molar-refractivity contribution in [2.24, 2.45) is 0 Å². The smallest absolute Gasteiger partial charge is 0.261 e. The molecule has 4 heteroatoms. The molecule has 0 heterocycles. The summed E-state index contributed by atoms with van der Waals surface area (Å²) in [5.41, 5.74) is 1.10. The van der Waals surface area contributed by atoms with Crippen molar-refractivity contribution >= 4 is 5.91 Å². The van der Waals surface area contributed by atoms with E-state index in [4.69, 9.17) is 9.47 Å². The van der Waals surface area contributed by atoms with Gasteiger partial charge in [0.05, 0.1) is 7.11 Å². The minimum absolute atomic E-state index is 0.00854. The first-order valence-electron chi connectivity index (χ1n) is 7.71. The molecule has 1 amide bonds. The van der Waals surface area contributed by atoms with Gasteiger partial charge >= 0.3 is 0 Å². The molecule has 0 unspecified atom stereocenters. The maximum atomic E-state index is 12.5. The van der Waals surface area contributed by atoms with Gasteiger partial charge in [-0.15, -0.1) is 0 Å². The van der Waals surface area contributed by atoms with Crippen LogP contribution in [0.3, 0.4) is 0 Å². The number of benzene rings is 2. The Balaban J connectivity index is 2.01. The summed E-state index contributed by atoms with van der Waals surface area (Å²) in [6.45, 7) is 4.58. The highest BCUT2D eigenvalue weighted by atomic mass is 16.5. The Morgan fingerprint density at radius 3 is 2.22 bits per heavy atom. The first-order valence-corrected chi connectivity index (χ1v) is 7.71. The molecule has 23 heavy (non-hydrogen) atoms. The van der Waals surface area contributed by atoms with E-state index in [9.17, 15) is 4.79 Å². The van der Waals surface area contributed by atoms with Crippen LogP contribution in [0, 0.1) is 0 Å². The van der Waals surface area contributed by atoms with Gasteiger partial charge in [-0.1, -0.05) is 42.5 Å². The number of nitrogens with zero attached hydrogens (tertiary/aromatic N) is 1. The molecule has 0 radical (unpaired) electrons. The number of amides is 1. The maximum absolute atomic E-state index is 12.5. The van der Waals surface area contributed by atoms with E-state index in [1.165, 1.54) is 0 Å². The highest BCUT2D eigenvalue weighted by Crippen LogP contribution is 2.25. The maximum Gasteiger partial charge on any atom is 0.261 e. The fraction of sp³-hybridized carbons (Fsp3) is 0.316. The summed E-state index contributed by atoms with van der Waals surface area (Å²) >= 11 is 0. The van der Waals surface area contributed by atoms with Crippen LogP contribution in [0.2, 0.25) is 0 Å². The van der Waals surface area contributed by atoms with Crippen molar-refractivity contribution in [2.45, 2.75) is 26.4 Å². The molecule has 0 saturated heterocycles. The van der Waals surface area contributed by atoms with Gasteiger partial charge in [0, 0.05) is 12.6 Å². The van der Waals surface area contributed by atoms with E-state index in [-0.39, 0.29) is 18.6 Å². The van der Waals surface area contributed by atoms with Crippen LogP contribution in [0.1, 0.15) is 19.4 Å². The Hall–Kier alpha value is -2.49. The van der Waals surface area contributed by atoms with Gasteiger partial charge in [0.25, 0.3) is 5.91 Å². The van der Waals surface area contributed by atoms with Crippen molar-refractivity contribution < 1.29 is 14.3 Å². The molecule has 0 saturated carbocycles. The zero-order chi connectivity index (χ0) is 16.7. The summed E-state index contributed by atoms with van der Waals surface area (Å²) in [5.74, 6) is 1.15. The van der Waals surface area contributed by atoms with E-state index in [2.05, 4.69) is 0 Å². The molecule has 2 rings (SSSR count). The van der Waals surface area contributed by atoms with Gasteiger partial charge in [-0.05, 0) is 31.5 Å². The second-order valence-electron chi connectivity index (χ2n) is 5.54. The molecule has 0 aliphatic carbocycles. The molecule has 0 bridgehead atoms. The van der Waals surface area contributed by atoms with Crippen LogP contribution in [0.5, 0.6) is 11.5 Å². The molecular formula is C19H23NO3. The molecule has 0 aliphatic rings. The number of hydrogen-bond donors (Lipinski definition) is 0. The molecule has 0 fully saturated rings. The Bertz CT molecular complexity index is 626. The van der Waals surface area contributed by atoms with Crippen molar-refractivity contribution in [1.29, 1.82) is 0 Å². The van der Waals surface area contributed by atoms with Crippen molar-refractivity contribution in [1.82, 2.24) is 4.90 Å². The minimum atomic E-state index is -0.0465. The summed E-state index contributed by atoms with van der Waals surface area (Å²) in [7, 11) is 1.58. The summed E-state index contributed by atoms with van der Waals surface area (Å²) in [6, 6.07) is 17.4. The fourth-order valence-corrected chi connectivity index (χ4v) is 2.30. The lowest BCUT2D eigenvalue weighted by Gasteiger charge is -2.27. The van der Waals surface area contributed by atoms with Crippen molar-refractivity contribution in [3.63, 3.8) is 0 Å². The zero-order valence-electron chi connectivity index (χ0n) is 13.9. The van der Waals surface area contributed by atoms with Gasteiger partial charge in [-0.25, -0.2) is 0 Å². The lowest BCUT2D eigenvalue weighted by atomic mass is 10.2. The number of carbonyl (C=O) groups is 1. The second kappa shape index (κ2) is 8.22. The van der Waals surface area contributed by atoms with E-state index < -0.39 is 0 Å². The number of para-hydroxylation sites is 2.